The van der Waals surface area contributed by atoms with Crippen LogP contribution in [0, 0.1) is 17.8 Å². The molecule has 0 aromatic heterocycles. The van der Waals surface area contributed by atoms with E-state index < -0.39 is 0 Å². The van der Waals surface area contributed by atoms with Gasteiger partial charge in [0.15, 0.2) is 0 Å². The lowest BCUT2D eigenvalue weighted by Crippen LogP contribution is -2.28. The summed E-state index contributed by atoms with van der Waals surface area (Å²) in [6, 6.07) is 0.824. The molecule has 0 saturated heterocycles. The molecule has 2 rings (SSSR count). The van der Waals surface area contributed by atoms with Crippen molar-refractivity contribution in [3.63, 3.8) is 0 Å². The van der Waals surface area contributed by atoms with Gasteiger partial charge in [0.1, 0.15) is 0 Å². The minimum Gasteiger partial charge on any atom is -0.317 e. The van der Waals surface area contributed by atoms with Crippen molar-refractivity contribution in [1.29, 1.82) is 0 Å². The molecule has 2 aliphatic carbocycles. The standard InChI is InChI=1S/C10H19N/c1-3-9(11-2)10-7-5-4-6-8(7)10/h7-11H,3-6H2,1-2H3. The minimum absolute atomic E-state index is 0.824. The highest BCUT2D eigenvalue weighted by Gasteiger charge is 2.54. The third-order valence-corrected chi connectivity index (χ3v) is 3.75. The van der Waals surface area contributed by atoms with E-state index in [1.807, 2.05) is 0 Å². The molecule has 1 nitrogen and oxygen atoms in total. The third kappa shape index (κ3) is 1.10. The summed E-state index contributed by atoms with van der Waals surface area (Å²) in [5.74, 6) is 3.29. The smallest absolute Gasteiger partial charge is 0.00952 e. The van der Waals surface area contributed by atoms with Crippen molar-refractivity contribution >= 4 is 0 Å². The van der Waals surface area contributed by atoms with Crippen LogP contribution in [0.4, 0.5) is 0 Å². The van der Waals surface area contributed by atoms with Crippen LogP contribution in [0.3, 0.4) is 0 Å². The Labute approximate surface area is 69.6 Å². The second-order valence-corrected chi connectivity index (χ2v) is 4.14. The first-order valence-electron chi connectivity index (χ1n) is 5.05. The van der Waals surface area contributed by atoms with Gasteiger partial charge in [-0.15, -0.1) is 0 Å². The number of fused-ring (bicyclic) bond motifs is 1. The van der Waals surface area contributed by atoms with Crippen LogP contribution in [0.1, 0.15) is 32.6 Å². The summed E-state index contributed by atoms with van der Waals surface area (Å²) in [6.45, 7) is 2.30. The lowest BCUT2D eigenvalue weighted by Gasteiger charge is -2.15. The van der Waals surface area contributed by atoms with Crippen LogP contribution in [0.2, 0.25) is 0 Å². The van der Waals surface area contributed by atoms with E-state index in [1.54, 1.807) is 0 Å². The molecule has 1 N–H and O–H groups in total. The molecule has 0 bridgehead atoms. The Bertz CT molecular complexity index is 130. The van der Waals surface area contributed by atoms with Crippen molar-refractivity contribution in [3.8, 4) is 0 Å². The molecule has 0 radical (unpaired) electrons. The van der Waals surface area contributed by atoms with Gasteiger partial charge >= 0.3 is 0 Å². The SMILES string of the molecule is CCC(NC)C1C2CCCC21. The van der Waals surface area contributed by atoms with Gasteiger partial charge in [-0.3, -0.25) is 0 Å². The van der Waals surface area contributed by atoms with Crippen molar-refractivity contribution in [2.75, 3.05) is 7.05 Å². The fourth-order valence-electron chi connectivity index (χ4n) is 3.14. The minimum atomic E-state index is 0.824. The molecular weight excluding hydrogens is 134 g/mol. The van der Waals surface area contributed by atoms with Gasteiger partial charge < -0.3 is 5.32 Å². The van der Waals surface area contributed by atoms with Crippen molar-refractivity contribution in [2.24, 2.45) is 17.8 Å². The highest BCUT2D eigenvalue weighted by atomic mass is 14.9. The number of hydrogen-bond donors (Lipinski definition) is 1. The van der Waals surface area contributed by atoms with E-state index in [1.165, 1.54) is 25.7 Å². The Hall–Kier alpha value is -0.0400. The first kappa shape index (κ1) is 7.60. The molecule has 1 heteroatoms. The van der Waals surface area contributed by atoms with Crippen LogP contribution >= 0.6 is 0 Å². The largest absolute Gasteiger partial charge is 0.317 e. The van der Waals surface area contributed by atoms with Crippen molar-refractivity contribution < 1.29 is 0 Å². The molecule has 0 aromatic rings. The first-order valence-corrected chi connectivity index (χ1v) is 5.05. The van der Waals surface area contributed by atoms with Crippen LogP contribution < -0.4 is 5.32 Å². The summed E-state index contributed by atoms with van der Waals surface area (Å²) in [4.78, 5) is 0. The Morgan fingerprint density at radius 3 is 2.45 bits per heavy atom. The topological polar surface area (TPSA) is 12.0 Å². The normalized spacial score (nSPS) is 43.6. The summed E-state index contributed by atoms with van der Waals surface area (Å²) in [5, 5.41) is 3.44. The van der Waals surface area contributed by atoms with E-state index in [9.17, 15) is 0 Å². The maximum absolute atomic E-state index is 3.44. The highest BCUT2D eigenvalue weighted by molar-refractivity contribution is 5.05. The first-order chi connectivity index (χ1) is 5.38. The molecule has 3 unspecified atom stereocenters. The van der Waals surface area contributed by atoms with Crippen molar-refractivity contribution in [1.82, 2.24) is 5.32 Å². The molecule has 0 aromatic carbocycles. The lowest BCUT2D eigenvalue weighted by molar-refractivity contribution is 0.421. The Kier molecular flexibility index (Phi) is 1.92. The summed E-state index contributed by atoms with van der Waals surface area (Å²) in [5.41, 5.74) is 0. The van der Waals surface area contributed by atoms with E-state index in [2.05, 4.69) is 19.3 Å². The number of rotatable bonds is 3. The van der Waals surface area contributed by atoms with Crippen molar-refractivity contribution in [3.05, 3.63) is 0 Å². The monoisotopic (exact) mass is 153 g/mol. The highest BCUT2D eigenvalue weighted by Crippen LogP contribution is 2.59. The molecule has 0 amide bonds. The van der Waals surface area contributed by atoms with E-state index >= 15 is 0 Å². The zero-order chi connectivity index (χ0) is 7.84. The molecule has 0 spiro atoms. The Balaban J connectivity index is 1.88. The average Bonchev–Trinajstić information content (AvgIpc) is 2.54. The molecular formula is C10H19N. The molecule has 2 saturated carbocycles. The Morgan fingerprint density at radius 2 is 2.00 bits per heavy atom. The van der Waals surface area contributed by atoms with Gasteiger partial charge in [0.25, 0.3) is 0 Å². The fraction of sp³-hybridized carbons (Fsp3) is 1.00. The maximum Gasteiger partial charge on any atom is 0.00952 e. The van der Waals surface area contributed by atoms with Gasteiger partial charge in [-0.1, -0.05) is 13.3 Å². The zero-order valence-corrected chi connectivity index (χ0v) is 7.64. The van der Waals surface area contributed by atoms with Gasteiger partial charge in [-0.05, 0) is 44.1 Å². The van der Waals surface area contributed by atoms with Crippen LogP contribution in [0.15, 0.2) is 0 Å². The average molecular weight is 153 g/mol. The quantitative estimate of drug-likeness (QED) is 0.654. The van der Waals surface area contributed by atoms with Gasteiger partial charge in [0, 0.05) is 6.04 Å². The number of nitrogens with one attached hydrogen (secondary N) is 1. The second kappa shape index (κ2) is 2.78. The van der Waals surface area contributed by atoms with Gasteiger partial charge in [-0.25, -0.2) is 0 Å². The van der Waals surface area contributed by atoms with Crippen molar-refractivity contribution in [2.45, 2.75) is 38.6 Å². The van der Waals surface area contributed by atoms with Gasteiger partial charge in [-0.2, -0.15) is 0 Å². The predicted octanol–water partition coefficient (Wildman–Crippen LogP) is 2.03. The van der Waals surface area contributed by atoms with E-state index in [0.29, 0.717) is 0 Å². The fourth-order valence-corrected chi connectivity index (χ4v) is 3.14. The van der Waals surface area contributed by atoms with E-state index in [-0.39, 0.29) is 0 Å². The van der Waals surface area contributed by atoms with Crippen LogP contribution in [0.5, 0.6) is 0 Å². The predicted molar refractivity (Wildman–Crippen MR) is 47.5 cm³/mol. The maximum atomic E-state index is 3.44. The summed E-state index contributed by atoms with van der Waals surface area (Å²) in [6.07, 6.45) is 5.86. The zero-order valence-electron chi connectivity index (χ0n) is 7.64. The third-order valence-electron chi connectivity index (χ3n) is 3.75. The summed E-state index contributed by atoms with van der Waals surface area (Å²) >= 11 is 0. The van der Waals surface area contributed by atoms with Crippen LogP contribution in [-0.2, 0) is 0 Å². The Morgan fingerprint density at radius 1 is 1.36 bits per heavy atom. The molecule has 64 valence electrons. The second-order valence-electron chi connectivity index (χ2n) is 4.14. The summed E-state index contributed by atoms with van der Waals surface area (Å²) in [7, 11) is 2.11. The molecule has 3 atom stereocenters. The van der Waals surface area contributed by atoms with E-state index in [4.69, 9.17) is 0 Å². The van der Waals surface area contributed by atoms with E-state index in [0.717, 1.165) is 23.8 Å². The molecule has 2 aliphatic rings. The molecule has 11 heavy (non-hydrogen) atoms. The lowest BCUT2D eigenvalue weighted by atomic mass is 10.0. The van der Waals surface area contributed by atoms with Crippen LogP contribution in [0.25, 0.3) is 0 Å². The molecule has 2 fully saturated rings. The molecule has 0 heterocycles. The van der Waals surface area contributed by atoms with Gasteiger partial charge in [0.05, 0.1) is 0 Å². The summed E-state index contributed by atoms with van der Waals surface area (Å²) < 4.78 is 0. The van der Waals surface area contributed by atoms with Crippen LogP contribution in [-0.4, -0.2) is 13.1 Å². The van der Waals surface area contributed by atoms with Gasteiger partial charge in [0.2, 0.25) is 0 Å². The number of hydrogen-bond acceptors (Lipinski definition) is 1. The molecule has 0 aliphatic heterocycles.